The van der Waals surface area contributed by atoms with Gasteiger partial charge in [-0.2, -0.15) is 5.10 Å². The van der Waals surface area contributed by atoms with Crippen LogP contribution in [-0.4, -0.2) is 30.2 Å². The molecule has 4 nitrogen and oxygen atoms in total. The van der Waals surface area contributed by atoms with Gasteiger partial charge in [0.25, 0.3) is 5.91 Å². The summed E-state index contributed by atoms with van der Waals surface area (Å²) >= 11 is 0. The zero-order valence-electron chi connectivity index (χ0n) is 9.10. The fourth-order valence-electron chi connectivity index (χ4n) is 1.68. The molecule has 0 atom stereocenters. The number of nitrogens with zero attached hydrogens (tertiary/aromatic N) is 2. The van der Waals surface area contributed by atoms with Crippen molar-refractivity contribution in [3.05, 3.63) is 35.9 Å². The lowest BCUT2D eigenvalue weighted by Gasteiger charge is -2.08. The summed E-state index contributed by atoms with van der Waals surface area (Å²) in [6.45, 7) is 2.06. The van der Waals surface area contributed by atoms with Gasteiger partial charge in [0.15, 0.2) is 0 Å². The first-order valence-corrected chi connectivity index (χ1v) is 5.49. The van der Waals surface area contributed by atoms with Gasteiger partial charge in [-0.3, -0.25) is 4.79 Å². The normalized spacial score (nSPS) is 15.6. The number of amides is 1. The van der Waals surface area contributed by atoms with E-state index in [1.54, 1.807) is 18.5 Å². The number of hydrogen-bond acceptors (Lipinski definition) is 2. The van der Waals surface area contributed by atoms with Crippen molar-refractivity contribution in [2.24, 2.45) is 5.10 Å². The summed E-state index contributed by atoms with van der Waals surface area (Å²) in [6.07, 6.45) is 4.12. The largest absolute Gasteiger partial charge is 0.361 e. The fraction of sp³-hybridized carbons (Fsp3) is 0.333. The van der Waals surface area contributed by atoms with Gasteiger partial charge in [-0.25, -0.2) is 5.43 Å². The number of likely N-dealkylation sites (tertiary alicyclic amines) is 1. The highest BCUT2D eigenvalue weighted by atomic mass is 16.2. The van der Waals surface area contributed by atoms with Crippen molar-refractivity contribution in [3.8, 4) is 0 Å². The number of carbonyl (C=O) groups excluding carboxylic acids is 1. The molecule has 1 aromatic carbocycles. The van der Waals surface area contributed by atoms with Gasteiger partial charge in [-0.15, -0.1) is 0 Å². The third-order valence-corrected chi connectivity index (χ3v) is 2.56. The number of rotatable bonds is 3. The highest BCUT2D eigenvalue weighted by Crippen LogP contribution is 2.03. The maximum atomic E-state index is 11.6. The van der Waals surface area contributed by atoms with Gasteiger partial charge in [0.05, 0.1) is 0 Å². The summed E-state index contributed by atoms with van der Waals surface area (Å²) in [7, 11) is 0. The molecule has 1 aliphatic rings. The maximum Gasteiger partial charge on any atom is 0.271 e. The first kappa shape index (κ1) is 10.7. The molecular formula is C12H15N3O. The van der Waals surface area contributed by atoms with Crippen LogP contribution in [0, 0.1) is 0 Å². The minimum Gasteiger partial charge on any atom is -0.361 e. The quantitative estimate of drug-likeness (QED) is 0.473. The van der Waals surface area contributed by atoms with Gasteiger partial charge in [-0.05, 0) is 25.0 Å². The van der Waals surface area contributed by atoms with Crippen LogP contribution in [-0.2, 0) is 0 Å². The van der Waals surface area contributed by atoms with E-state index in [0.717, 1.165) is 13.1 Å². The molecule has 1 amide bonds. The molecule has 1 fully saturated rings. The molecule has 84 valence electrons. The van der Waals surface area contributed by atoms with Gasteiger partial charge >= 0.3 is 0 Å². The van der Waals surface area contributed by atoms with E-state index in [1.807, 2.05) is 18.2 Å². The SMILES string of the molecule is O=C(N/N=C/N1CCCC1)c1ccccc1. The Morgan fingerprint density at radius 3 is 2.62 bits per heavy atom. The van der Waals surface area contributed by atoms with E-state index in [-0.39, 0.29) is 5.91 Å². The fourth-order valence-corrected chi connectivity index (χ4v) is 1.68. The number of benzene rings is 1. The minimum absolute atomic E-state index is 0.170. The maximum absolute atomic E-state index is 11.6. The first-order valence-electron chi connectivity index (χ1n) is 5.49. The zero-order chi connectivity index (χ0) is 11.2. The molecule has 0 aromatic heterocycles. The van der Waals surface area contributed by atoms with Gasteiger partial charge in [0, 0.05) is 18.7 Å². The third-order valence-electron chi connectivity index (χ3n) is 2.56. The molecule has 16 heavy (non-hydrogen) atoms. The molecule has 1 heterocycles. The minimum atomic E-state index is -0.170. The smallest absolute Gasteiger partial charge is 0.271 e. The summed E-state index contributed by atoms with van der Waals surface area (Å²) in [4.78, 5) is 13.7. The topological polar surface area (TPSA) is 44.7 Å². The monoisotopic (exact) mass is 217 g/mol. The molecule has 0 bridgehead atoms. The second-order valence-corrected chi connectivity index (χ2v) is 3.79. The number of hydrazone groups is 1. The summed E-state index contributed by atoms with van der Waals surface area (Å²) in [5.74, 6) is -0.170. The van der Waals surface area contributed by atoms with Crippen molar-refractivity contribution in [2.45, 2.75) is 12.8 Å². The van der Waals surface area contributed by atoms with E-state index in [9.17, 15) is 4.79 Å². The molecule has 4 heteroatoms. The van der Waals surface area contributed by atoms with E-state index in [4.69, 9.17) is 0 Å². The molecular weight excluding hydrogens is 202 g/mol. The molecule has 2 rings (SSSR count). The van der Waals surface area contributed by atoms with Crippen LogP contribution in [0.25, 0.3) is 0 Å². The predicted molar refractivity (Wildman–Crippen MR) is 63.2 cm³/mol. The molecule has 1 saturated heterocycles. The van der Waals surface area contributed by atoms with Gasteiger partial charge in [0.2, 0.25) is 0 Å². The lowest BCUT2D eigenvalue weighted by molar-refractivity contribution is 0.0954. The van der Waals surface area contributed by atoms with E-state index in [0.29, 0.717) is 5.56 Å². The Kier molecular flexibility index (Phi) is 3.53. The van der Waals surface area contributed by atoms with E-state index >= 15 is 0 Å². The van der Waals surface area contributed by atoms with Gasteiger partial charge < -0.3 is 4.90 Å². The van der Waals surface area contributed by atoms with Crippen LogP contribution in [0.3, 0.4) is 0 Å². The Hall–Kier alpha value is -1.84. The molecule has 0 radical (unpaired) electrons. The summed E-state index contributed by atoms with van der Waals surface area (Å²) < 4.78 is 0. The molecule has 0 saturated carbocycles. The van der Waals surface area contributed by atoms with Crippen molar-refractivity contribution in [3.63, 3.8) is 0 Å². The van der Waals surface area contributed by atoms with Crippen molar-refractivity contribution < 1.29 is 4.79 Å². The lowest BCUT2D eigenvalue weighted by atomic mass is 10.2. The van der Waals surface area contributed by atoms with Crippen LogP contribution < -0.4 is 5.43 Å². The summed E-state index contributed by atoms with van der Waals surface area (Å²) in [5.41, 5.74) is 3.14. The Balaban J connectivity index is 1.83. The standard InChI is InChI=1S/C12H15N3O/c16-12(11-6-2-1-3-7-11)14-13-10-15-8-4-5-9-15/h1-3,6-7,10H,4-5,8-9H2,(H,14,16)/b13-10+. The van der Waals surface area contributed by atoms with Crippen molar-refractivity contribution in [2.75, 3.05) is 13.1 Å². The highest BCUT2D eigenvalue weighted by Gasteiger charge is 2.07. The van der Waals surface area contributed by atoms with Crippen molar-refractivity contribution >= 4 is 12.2 Å². The van der Waals surface area contributed by atoms with E-state index < -0.39 is 0 Å². The Morgan fingerprint density at radius 2 is 1.94 bits per heavy atom. The van der Waals surface area contributed by atoms with Crippen LogP contribution in [0.15, 0.2) is 35.4 Å². The third kappa shape index (κ3) is 2.82. The average molecular weight is 217 g/mol. The summed E-state index contributed by atoms with van der Waals surface area (Å²) in [6, 6.07) is 9.07. The Bertz CT molecular complexity index is 369. The molecule has 1 aliphatic heterocycles. The molecule has 0 spiro atoms. The zero-order valence-corrected chi connectivity index (χ0v) is 9.10. The van der Waals surface area contributed by atoms with Gasteiger partial charge in [0.1, 0.15) is 6.34 Å². The van der Waals surface area contributed by atoms with E-state index in [1.165, 1.54) is 12.8 Å². The lowest BCUT2D eigenvalue weighted by Crippen LogP contribution is -2.22. The van der Waals surface area contributed by atoms with E-state index in [2.05, 4.69) is 15.4 Å². The first-order chi connectivity index (χ1) is 7.86. The Labute approximate surface area is 95.0 Å². The predicted octanol–water partition coefficient (Wildman–Crippen LogP) is 1.46. The second-order valence-electron chi connectivity index (χ2n) is 3.79. The number of nitrogens with one attached hydrogen (secondary N) is 1. The van der Waals surface area contributed by atoms with Crippen LogP contribution in [0.2, 0.25) is 0 Å². The average Bonchev–Trinajstić information content (AvgIpc) is 2.83. The van der Waals surface area contributed by atoms with Crippen LogP contribution >= 0.6 is 0 Å². The summed E-state index contributed by atoms with van der Waals surface area (Å²) in [5, 5.41) is 3.93. The highest BCUT2D eigenvalue weighted by molar-refractivity contribution is 5.94. The van der Waals surface area contributed by atoms with Crippen LogP contribution in [0.1, 0.15) is 23.2 Å². The second kappa shape index (κ2) is 5.30. The van der Waals surface area contributed by atoms with Gasteiger partial charge in [-0.1, -0.05) is 18.2 Å². The molecule has 1 aromatic rings. The molecule has 0 unspecified atom stereocenters. The van der Waals surface area contributed by atoms with Crippen molar-refractivity contribution in [1.29, 1.82) is 0 Å². The Morgan fingerprint density at radius 1 is 1.25 bits per heavy atom. The molecule has 0 aliphatic carbocycles. The molecule has 1 N–H and O–H groups in total. The number of hydrogen-bond donors (Lipinski definition) is 1. The van der Waals surface area contributed by atoms with Crippen molar-refractivity contribution in [1.82, 2.24) is 10.3 Å². The van der Waals surface area contributed by atoms with Crippen LogP contribution in [0.4, 0.5) is 0 Å². The van der Waals surface area contributed by atoms with Crippen LogP contribution in [0.5, 0.6) is 0 Å². The number of carbonyl (C=O) groups is 1.